The highest BCUT2D eigenvalue weighted by atomic mass is 79.9. The molecule has 1 unspecified atom stereocenters. The predicted molar refractivity (Wildman–Crippen MR) is 73.5 cm³/mol. The van der Waals surface area contributed by atoms with Gasteiger partial charge in [0.1, 0.15) is 10.4 Å². The Labute approximate surface area is 113 Å². The summed E-state index contributed by atoms with van der Waals surface area (Å²) in [4.78, 5) is 14.9. The molecular weight excluding hydrogens is 300 g/mol. The van der Waals surface area contributed by atoms with E-state index in [9.17, 15) is 0 Å². The van der Waals surface area contributed by atoms with Crippen LogP contribution in [0.15, 0.2) is 28.6 Å². The van der Waals surface area contributed by atoms with E-state index in [1.807, 2.05) is 18.6 Å². The molecule has 17 heavy (non-hydrogen) atoms. The average Bonchev–Trinajstić information content (AvgIpc) is 2.83. The van der Waals surface area contributed by atoms with Gasteiger partial charge < -0.3 is 4.90 Å². The zero-order valence-corrected chi connectivity index (χ0v) is 12.1. The first-order chi connectivity index (χ1) is 8.16. The lowest BCUT2D eigenvalue weighted by molar-refractivity contribution is 0.720. The average molecular weight is 313 g/mol. The molecular formula is C11H13BrN4S. The first-order valence-corrected chi connectivity index (χ1v) is 6.92. The summed E-state index contributed by atoms with van der Waals surface area (Å²) >= 11 is 4.97. The molecule has 90 valence electrons. The third-order valence-electron chi connectivity index (χ3n) is 2.42. The molecule has 0 aliphatic rings. The van der Waals surface area contributed by atoms with E-state index in [0.29, 0.717) is 5.92 Å². The zero-order chi connectivity index (χ0) is 12.3. The second-order valence-electron chi connectivity index (χ2n) is 3.85. The molecule has 0 saturated heterocycles. The summed E-state index contributed by atoms with van der Waals surface area (Å²) in [5, 5.41) is 3.16. The van der Waals surface area contributed by atoms with Gasteiger partial charge in [-0.05, 0) is 15.9 Å². The monoisotopic (exact) mass is 312 g/mol. The molecule has 0 aromatic carbocycles. The molecule has 0 amide bonds. The molecule has 2 aromatic rings. The number of nitrogens with zero attached hydrogens (tertiary/aromatic N) is 4. The van der Waals surface area contributed by atoms with Gasteiger partial charge in [0, 0.05) is 31.1 Å². The lowest BCUT2D eigenvalue weighted by Crippen LogP contribution is -2.23. The number of aromatic nitrogens is 3. The number of hydrogen-bond donors (Lipinski definition) is 0. The molecule has 0 N–H and O–H groups in total. The Morgan fingerprint density at radius 2 is 2.18 bits per heavy atom. The van der Waals surface area contributed by atoms with Gasteiger partial charge in [0.25, 0.3) is 0 Å². The molecule has 2 rings (SSSR count). The Morgan fingerprint density at radius 1 is 1.35 bits per heavy atom. The third-order valence-corrected chi connectivity index (χ3v) is 3.84. The van der Waals surface area contributed by atoms with Gasteiger partial charge in [0.15, 0.2) is 0 Å². The molecule has 0 spiro atoms. The summed E-state index contributed by atoms with van der Waals surface area (Å²) in [6.07, 6.45) is 5.31. The van der Waals surface area contributed by atoms with E-state index in [2.05, 4.69) is 42.7 Å². The van der Waals surface area contributed by atoms with E-state index < -0.39 is 0 Å². The van der Waals surface area contributed by atoms with Gasteiger partial charge in [0.2, 0.25) is 0 Å². The molecule has 2 aromatic heterocycles. The number of thiazole rings is 1. The first kappa shape index (κ1) is 12.4. The molecule has 2 heterocycles. The van der Waals surface area contributed by atoms with Gasteiger partial charge >= 0.3 is 0 Å². The minimum Gasteiger partial charge on any atom is -0.358 e. The van der Waals surface area contributed by atoms with Gasteiger partial charge in [-0.25, -0.2) is 15.0 Å². The highest BCUT2D eigenvalue weighted by Crippen LogP contribution is 2.20. The van der Waals surface area contributed by atoms with E-state index in [0.717, 1.165) is 22.0 Å². The van der Waals surface area contributed by atoms with Gasteiger partial charge in [-0.2, -0.15) is 0 Å². The molecule has 0 aliphatic heterocycles. The van der Waals surface area contributed by atoms with Crippen molar-refractivity contribution in [2.75, 3.05) is 18.5 Å². The number of hydrogen-bond acceptors (Lipinski definition) is 5. The minimum atomic E-state index is 0.394. The number of rotatable bonds is 4. The molecule has 4 nitrogen and oxygen atoms in total. The fraction of sp³-hybridized carbons (Fsp3) is 0.364. The fourth-order valence-electron chi connectivity index (χ4n) is 1.56. The van der Waals surface area contributed by atoms with Crippen LogP contribution in [0.2, 0.25) is 0 Å². The van der Waals surface area contributed by atoms with Crippen LogP contribution in [-0.2, 0) is 0 Å². The van der Waals surface area contributed by atoms with Crippen LogP contribution in [0.3, 0.4) is 0 Å². The minimum absolute atomic E-state index is 0.394. The molecule has 0 fully saturated rings. The van der Waals surface area contributed by atoms with Crippen LogP contribution in [0, 0.1) is 0 Å². The van der Waals surface area contributed by atoms with E-state index in [1.54, 1.807) is 23.7 Å². The van der Waals surface area contributed by atoms with Gasteiger partial charge in [-0.1, -0.05) is 6.92 Å². The van der Waals surface area contributed by atoms with Crippen molar-refractivity contribution in [3.63, 3.8) is 0 Å². The maximum atomic E-state index is 4.33. The molecule has 0 saturated carbocycles. The van der Waals surface area contributed by atoms with Crippen molar-refractivity contribution in [1.82, 2.24) is 15.0 Å². The predicted octanol–water partition coefficient (Wildman–Crippen LogP) is 2.94. The lowest BCUT2D eigenvalue weighted by Gasteiger charge is -2.20. The summed E-state index contributed by atoms with van der Waals surface area (Å²) in [5.74, 6) is 1.27. The van der Waals surface area contributed by atoms with Crippen molar-refractivity contribution in [3.05, 3.63) is 33.6 Å². The van der Waals surface area contributed by atoms with Crippen LogP contribution in [0.4, 0.5) is 5.82 Å². The fourth-order valence-corrected chi connectivity index (χ4v) is 2.46. The van der Waals surface area contributed by atoms with Crippen LogP contribution >= 0.6 is 27.3 Å². The van der Waals surface area contributed by atoms with Crippen molar-refractivity contribution >= 4 is 33.1 Å². The second-order valence-corrected chi connectivity index (χ2v) is 5.59. The maximum Gasteiger partial charge on any atom is 0.146 e. The number of anilines is 1. The Bertz CT molecular complexity index is 457. The van der Waals surface area contributed by atoms with Crippen LogP contribution < -0.4 is 4.90 Å². The third kappa shape index (κ3) is 3.23. The molecule has 0 bridgehead atoms. The van der Waals surface area contributed by atoms with E-state index in [4.69, 9.17) is 0 Å². The summed E-state index contributed by atoms with van der Waals surface area (Å²) < 4.78 is 0.752. The Hall–Kier alpha value is -1.01. The standard InChI is InChI=1S/C11H13BrN4S/c1-8(11-13-3-4-17-11)7-16(2)10-6-14-9(12)5-15-10/h3-6,8H,7H2,1-2H3. The van der Waals surface area contributed by atoms with Gasteiger partial charge in [-0.15, -0.1) is 11.3 Å². The van der Waals surface area contributed by atoms with Crippen LogP contribution in [0.5, 0.6) is 0 Å². The largest absolute Gasteiger partial charge is 0.358 e. The summed E-state index contributed by atoms with van der Waals surface area (Å²) in [5.41, 5.74) is 0. The summed E-state index contributed by atoms with van der Waals surface area (Å²) in [7, 11) is 2.02. The van der Waals surface area contributed by atoms with Crippen molar-refractivity contribution in [1.29, 1.82) is 0 Å². The first-order valence-electron chi connectivity index (χ1n) is 5.25. The van der Waals surface area contributed by atoms with Crippen LogP contribution in [0.25, 0.3) is 0 Å². The Balaban J connectivity index is 2.01. The van der Waals surface area contributed by atoms with Crippen molar-refractivity contribution in [3.8, 4) is 0 Å². The highest BCUT2D eigenvalue weighted by molar-refractivity contribution is 9.10. The second kappa shape index (κ2) is 5.55. The summed E-state index contributed by atoms with van der Waals surface area (Å²) in [6.45, 7) is 3.05. The van der Waals surface area contributed by atoms with Crippen molar-refractivity contribution in [2.24, 2.45) is 0 Å². The maximum absolute atomic E-state index is 4.33. The number of halogens is 1. The quantitative estimate of drug-likeness (QED) is 0.870. The molecule has 6 heteroatoms. The highest BCUT2D eigenvalue weighted by Gasteiger charge is 2.12. The summed E-state index contributed by atoms with van der Waals surface area (Å²) in [6, 6.07) is 0. The number of likely N-dealkylation sites (N-methyl/N-ethyl adjacent to an activating group) is 1. The Morgan fingerprint density at radius 3 is 2.76 bits per heavy atom. The smallest absolute Gasteiger partial charge is 0.146 e. The SMILES string of the molecule is CC(CN(C)c1cnc(Br)cn1)c1nccs1. The van der Waals surface area contributed by atoms with Crippen LogP contribution in [-0.4, -0.2) is 28.5 Å². The lowest BCUT2D eigenvalue weighted by atomic mass is 10.2. The molecule has 0 radical (unpaired) electrons. The van der Waals surface area contributed by atoms with Crippen LogP contribution in [0.1, 0.15) is 17.8 Å². The van der Waals surface area contributed by atoms with Gasteiger partial charge in [-0.3, -0.25) is 0 Å². The Kier molecular flexibility index (Phi) is 4.06. The van der Waals surface area contributed by atoms with Gasteiger partial charge in [0.05, 0.1) is 17.4 Å². The zero-order valence-electron chi connectivity index (χ0n) is 9.67. The van der Waals surface area contributed by atoms with E-state index in [1.165, 1.54) is 0 Å². The molecule has 0 aliphatic carbocycles. The topological polar surface area (TPSA) is 41.9 Å². The molecule has 1 atom stereocenters. The van der Waals surface area contributed by atoms with E-state index in [-0.39, 0.29) is 0 Å². The van der Waals surface area contributed by atoms with Crippen molar-refractivity contribution < 1.29 is 0 Å². The normalized spacial score (nSPS) is 12.4. The van der Waals surface area contributed by atoms with Crippen molar-refractivity contribution in [2.45, 2.75) is 12.8 Å². The van der Waals surface area contributed by atoms with E-state index >= 15 is 0 Å².